The van der Waals surface area contributed by atoms with E-state index in [1.54, 1.807) is 0 Å². The van der Waals surface area contributed by atoms with Crippen LogP contribution in [0.5, 0.6) is 0 Å². The van der Waals surface area contributed by atoms with Gasteiger partial charge in [0, 0.05) is 12.2 Å². The summed E-state index contributed by atoms with van der Waals surface area (Å²) in [4.78, 5) is 8.30. The Kier molecular flexibility index (Phi) is 2.80. The Morgan fingerprint density at radius 3 is 2.92 bits per heavy atom. The van der Waals surface area contributed by atoms with E-state index in [-0.39, 0.29) is 0 Å². The van der Waals surface area contributed by atoms with Crippen LogP contribution in [0.2, 0.25) is 0 Å². The molecule has 0 fully saturated rings. The van der Waals surface area contributed by atoms with Crippen molar-refractivity contribution in [3.05, 3.63) is 29.6 Å². The monoisotopic (exact) mass is 163 g/mol. The van der Waals surface area contributed by atoms with Gasteiger partial charge in [-0.05, 0) is 26.0 Å². The quantitative estimate of drug-likeness (QED) is 0.524. The van der Waals surface area contributed by atoms with Gasteiger partial charge in [0.05, 0.1) is 0 Å². The van der Waals surface area contributed by atoms with Gasteiger partial charge in [-0.15, -0.1) is 0 Å². The first kappa shape index (κ1) is 8.71. The minimum absolute atomic E-state index is 0.515. The normalized spacial score (nSPS) is 11.7. The highest BCUT2D eigenvalue weighted by molar-refractivity contribution is 5.95. The zero-order valence-corrected chi connectivity index (χ0v) is 7.41. The van der Waals surface area contributed by atoms with Gasteiger partial charge in [0.2, 0.25) is 0 Å². The fourth-order valence-corrected chi connectivity index (χ4v) is 0.937. The standard InChI is InChI=1S/C9H13N3/c1-3-11-9(10)8-6-4-5-7(2)12-8/h4-6H,3H2,1-2H3,(H2,10,11). The highest BCUT2D eigenvalue weighted by Gasteiger charge is 1.97. The number of rotatable bonds is 2. The van der Waals surface area contributed by atoms with Crippen LogP contribution in [-0.4, -0.2) is 17.4 Å². The Bertz CT molecular complexity index is 292. The Morgan fingerprint density at radius 1 is 1.58 bits per heavy atom. The van der Waals surface area contributed by atoms with Gasteiger partial charge >= 0.3 is 0 Å². The van der Waals surface area contributed by atoms with Gasteiger partial charge in [-0.2, -0.15) is 0 Å². The van der Waals surface area contributed by atoms with Crippen molar-refractivity contribution in [1.82, 2.24) is 4.98 Å². The SMILES string of the molecule is CCN=C(N)c1cccc(C)n1. The first-order valence-electron chi connectivity index (χ1n) is 3.98. The minimum Gasteiger partial charge on any atom is -0.382 e. The fraction of sp³-hybridized carbons (Fsp3) is 0.333. The maximum Gasteiger partial charge on any atom is 0.144 e. The topological polar surface area (TPSA) is 51.3 Å². The Balaban J connectivity index is 2.95. The summed E-state index contributed by atoms with van der Waals surface area (Å²) in [6.45, 7) is 4.58. The third-order valence-electron chi connectivity index (χ3n) is 1.48. The van der Waals surface area contributed by atoms with E-state index in [1.807, 2.05) is 32.0 Å². The molecule has 0 spiro atoms. The van der Waals surface area contributed by atoms with Gasteiger partial charge in [0.15, 0.2) is 0 Å². The Morgan fingerprint density at radius 2 is 2.33 bits per heavy atom. The highest BCUT2D eigenvalue weighted by atomic mass is 14.9. The van der Waals surface area contributed by atoms with Crippen LogP contribution in [0.3, 0.4) is 0 Å². The average molecular weight is 163 g/mol. The van der Waals surface area contributed by atoms with Crippen molar-refractivity contribution >= 4 is 5.84 Å². The maximum atomic E-state index is 5.66. The van der Waals surface area contributed by atoms with E-state index >= 15 is 0 Å². The molecule has 1 rings (SSSR count). The fourth-order valence-electron chi connectivity index (χ4n) is 0.937. The molecular formula is C9H13N3. The van der Waals surface area contributed by atoms with Crippen molar-refractivity contribution in [2.75, 3.05) is 6.54 Å². The number of aromatic nitrogens is 1. The Labute approximate surface area is 72.3 Å². The number of amidine groups is 1. The van der Waals surface area contributed by atoms with E-state index < -0.39 is 0 Å². The number of hydrogen-bond donors (Lipinski definition) is 1. The smallest absolute Gasteiger partial charge is 0.144 e. The maximum absolute atomic E-state index is 5.66. The molecular weight excluding hydrogens is 150 g/mol. The van der Waals surface area contributed by atoms with Crippen LogP contribution in [-0.2, 0) is 0 Å². The van der Waals surface area contributed by atoms with E-state index in [2.05, 4.69) is 9.98 Å². The van der Waals surface area contributed by atoms with Gasteiger partial charge in [-0.1, -0.05) is 6.07 Å². The van der Waals surface area contributed by atoms with Crippen molar-refractivity contribution in [3.63, 3.8) is 0 Å². The van der Waals surface area contributed by atoms with Crippen LogP contribution in [0.25, 0.3) is 0 Å². The van der Waals surface area contributed by atoms with Crippen molar-refractivity contribution < 1.29 is 0 Å². The first-order chi connectivity index (χ1) is 5.74. The number of pyridine rings is 1. The lowest BCUT2D eigenvalue weighted by Gasteiger charge is -1.99. The first-order valence-corrected chi connectivity index (χ1v) is 3.98. The molecule has 0 aromatic carbocycles. The molecule has 2 N–H and O–H groups in total. The van der Waals surface area contributed by atoms with Crippen molar-refractivity contribution in [3.8, 4) is 0 Å². The summed E-state index contributed by atoms with van der Waals surface area (Å²) < 4.78 is 0. The summed E-state index contributed by atoms with van der Waals surface area (Å²) in [5.41, 5.74) is 7.38. The van der Waals surface area contributed by atoms with Crippen LogP contribution >= 0.6 is 0 Å². The molecule has 12 heavy (non-hydrogen) atoms. The summed E-state index contributed by atoms with van der Waals surface area (Å²) in [6.07, 6.45) is 0. The Hall–Kier alpha value is -1.38. The van der Waals surface area contributed by atoms with Gasteiger partial charge in [0.25, 0.3) is 0 Å². The van der Waals surface area contributed by atoms with E-state index in [4.69, 9.17) is 5.73 Å². The summed E-state index contributed by atoms with van der Waals surface area (Å²) >= 11 is 0. The predicted octanol–water partition coefficient (Wildman–Crippen LogP) is 1.12. The number of hydrogen-bond acceptors (Lipinski definition) is 2. The van der Waals surface area contributed by atoms with E-state index in [9.17, 15) is 0 Å². The van der Waals surface area contributed by atoms with Crippen molar-refractivity contribution in [2.24, 2.45) is 10.7 Å². The van der Waals surface area contributed by atoms with Gasteiger partial charge < -0.3 is 5.73 Å². The van der Waals surface area contributed by atoms with Crippen molar-refractivity contribution in [1.29, 1.82) is 0 Å². The van der Waals surface area contributed by atoms with Crippen molar-refractivity contribution in [2.45, 2.75) is 13.8 Å². The summed E-state index contributed by atoms with van der Waals surface area (Å²) in [5, 5.41) is 0. The lowest BCUT2D eigenvalue weighted by molar-refractivity contribution is 1.10. The van der Waals surface area contributed by atoms with Crippen LogP contribution < -0.4 is 5.73 Å². The summed E-state index contributed by atoms with van der Waals surface area (Å²) in [5.74, 6) is 0.515. The van der Waals surface area contributed by atoms with E-state index in [1.165, 1.54) is 0 Å². The number of nitrogens with zero attached hydrogens (tertiary/aromatic N) is 2. The number of aryl methyl sites for hydroxylation is 1. The molecule has 0 saturated carbocycles. The molecule has 1 heterocycles. The number of aliphatic imine (C=N–C) groups is 1. The molecule has 1 aromatic rings. The summed E-state index contributed by atoms with van der Waals surface area (Å²) in [7, 11) is 0. The lowest BCUT2D eigenvalue weighted by Crippen LogP contribution is -2.15. The lowest BCUT2D eigenvalue weighted by atomic mass is 10.3. The molecule has 0 aliphatic rings. The van der Waals surface area contributed by atoms with Crippen LogP contribution in [0, 0.1) is 6.92 Å². The molecule has 0 saturated heterocycles. The van der Waals surface area contributed by atoms with Gasteiger partial charge in [0.1, 0.15) is 11.5 Å². The molecule has 0 aliphatic carbocycles. The van der Waals surface area contributed by atoms with Crippen LogP contribution in [0.15, 0.2) is 23.2 Å². The van der Waals surface area contributed by atoms with E-state index in [0.717, 1.165) is 11.4 Å². The number of nitrogens with two attached hydrogens (primary N) is 1. The molecule has 1 aromatic heterocycles. The third-order valence-corrected chi connectivity index (χ3v) is 1.48. The largest absolute Gasteiger partial charge is 0.382 e. The molecule has 0 radical (unpaired) electrons. The molecule has 0 amide bonds. The molecule has 0 aliphatic heterocycles. The molecule has 64 valence electrons. The highest BCUT2D eigenvalue weighted by Crippen LogP contribution is 1.97. The molecule has 0 atom stereocenters. The second kappa shape index (κ2) is 3.85. The molecule has 3 nitrogen and oxygen atoms in total. The third kappa shape index (κ3) is 2.05. The predicted molar refractivity (Wildman–Crippen MR) is 50.2 cm³/mol. The minimum atomic E-state index is 0.515. The second-order valence-electron chi connectivity index (χ2n) is 2.52. The molecule has 0 bridgehead atoms. The van der Waals surface area contributed by atoms with Crippen LogP contribution in [0.1, 0.15) is 18.3 Å². The molecule has 3 heteroatoms. The zero-order valence-electron chi connectivity index (χ0n) is 7.41. The molecule has 0 unspecified atom stereocenters. The second-order valence-corrected chi connectivity index (χ2v) is 2.52. The van der Waals surface area contributed by atoms with Crippen LogP contribution in [0.4, 0.5) is 0 Å². The average Bonchev–Trinajstić information content (AvgIpc) is 2.05. The van der Waals surface area contributed by atoms with Gasteiger partial charge in [-0.3, -0.25) is 4.99 Å². The van der Waals surface area contributed by atoms with E-state index in [0.29, 0.717) is 12.4 Å². The zero-order chi connectivity index (χ0) is 8.97. The summed E-state index contributed by atoms with van der Waals surface area (Å²) in [6, 6.07) is 5.72. The van der Waals surface area contributed by atoms with Gasteiger partial charge in [-0.25, -0.2) is 4.98 Å².